The Morgan fingerprint density at radius 1 is 0.505 bits per heavy atom. The van der Waals surface area contributed by atoms with Crippen LogP contribution >= 0.6 is 11.6 Å². The molecule has 27 nitrogen and oxygen atoms in total. The SMILES string of the molecule is C/C(CN)=C1\CCCN(c2nc3c(cc2F)c(=O)c(C(=O)O)cn3C2CC2)C1.C/C(CN1C(=O)c2ccccc2C1=O)=C1\CCCN(c2nc3c(cc2F)c(=O)c(C(=O)O)cn3C2CC2)C1.C/C(CN1C(=O)c2ccccc2C1=O)=C1\CCCNC1.NN.O=C(O)c1cn(C2CC2)c2nc(Cl)c(F)cc2c1=O. The Kier molecular flexibility index (Phi) is 22.3. The molecule has 8 aliphatic rings. The lowest BCUT2D eigenvalue weighted by molar-refractivity contribution is 0.0652. The molecule has 31 heteroatoms. The van der Waals surface area contributed by atoms with Crippen LogP contribution in [0.1, 0.15) is 188 Å². The van der Waals surface area contributed by atoms with Gasteiger partial charge in [0.1, 0.15) is 33.6 Å². The Morgan fingerprint density at radius 3 is 1.18 bits per heavy atom. The second-order valence-corrected chi connectivity index (χ2v) is 27.9. The molecule has 0 bridgehead atoms. The van der Waals surface area contributed by atoms with Gasteiger partial charge in [0, 0.05) is 76.0 Å². The topological polar surface area (TPSA) is 388 Å². The monoisotopic (exact) mass is 1490 g/mol. The van der Waals surface area contributed by atoms with Gasteiger partial charge in [0.2, 0.25) is 16.3 Å². The van der Waals surface area contributed by atoms with Crippen LogP contribution in [0, 0.1) is 17.5 Å². The average Bonchev–Trinajstić information content (AvgIpc) is 1.71. The van der Waals surface area contributed by atoms with Gasteiger partial charge in [-0.15, -0.1) is 0 Å². The Morgan fingerprint density at radius 2 is 0.841 bits per heavy atom. The minimum absolute atomic E-state index is 0.0129. The van der Waals surface area contributed by atoms with E-state index in [-0.39, 0.29) is 104 Å². The molecule has 11 heterocycles. The number of piperidine rings is 3. The van der Waals surface area contributed by atoms with E-state index in [0.717, 1.165) is 131 Å². The number of nitrogens with two attached hydrogens (primary N) is 3. The quantitative estimate of drug-likeness (QED) is 0.0186. The van der Waals surface area contributed by atoms with Crippen LogP contribution in [0.2, 0.25) is 5.15 Å². The minimum atomic E-state index is -1.35. The van der Waals surface area contributed by atoms with Crippen LogP contribution in [0.3, 0.4) is 0 Å². The number of rotatable bonds is 13. The van der Waals surface area contributed by atoms with Gasteiger partial charge in [-0.3, -0.25) is 55.0 Å². The maximum Gasteiger partial charge on any atom is 0.341 e. The van der Waals surface area contributed by atoms with Crippen molar-refractivity contribution in [3.05, 3.63) is 211 Å². The summed E-state index contributed by atoms with van der Waals surface area (Å²) in [4.78, 5) is 141. The summed E-state index contributed by atoms with van der Waals surface area (Å²) in [6, 6.07) is 17.2. The normalized spacial score (nSPS) is 18.3. The van der Waals surface area contributed by atoms with Gasteiger partial charge in [0.25, 0.3) is 23.6 Å². The lowest BCUT2D eigenvalue weighted by Crippen LogP contribution is -2.36. The molecular weight excluding hydrogens is 1410 g/mol. The zero-order valence-electron chi connectivity index (χ0n) is 58.8. The summed E-state index contributed by atoms with van der Waals surface area (Å²) in [6.45, 7) is 11.0. The highest BCUT2D eigenvalue weighted by Crippen LogP contribution is 2.41. The molecule has 558 valence electrons. The standard InChI is InChI=1S/C28H25FN4O5.C20H23FN4O3.C16H18N2O2.C12H8ClFN2O3.H4N2/c1-15(12-33-26(35)18-6-2-3-7-19(18)27(33)36)16-5-4-10-31(13-16)25-22(29)11-20-23(34)21(28(37)38)14-32(17-8-9-17)24(20)30-25;1-11(8-22)12-3-2-6-24(9-12)19-16(21)7-14-17(26)15(20(27)28)10-25(13-4-5-13)18(14)23-19;1-11(12-5-4-8-17-9-12)10-18-15(19)13-6-2-3-7-14(13)16(18)20;13-10-8(14)3-6-9(17)7(12(18)19)4-16(5-1-2-5)11(6)15-10;1-2/h2-3,6-7,11,14,17H,4-5,8-10,12-13H2,1H3,(H,37,38);7,10,13H,2-6,8-9,22H2,1H3,(H,27,28);2-3,6-7,17H,4-5,8-10H2,1H3;3-5H,1-2H2,(H,18,19);1-2H2/b16-15-;2*12-11-;;. The van der Waals surface area contributed by atoms with Crippen molar-refractivity contribution in [3.63, 3.8) is 0 Å². The number of carbonyl (C=O) groups excluding carboxylic acids is 4. The van der Waals surface area contributed by atoms with Gasteiger partial charge in [-0.2, -0.15) is 0 Å². The van der Waals surface area contributed by atoms with Crippen molar-refractivity contribution >= 4 is 97.9 Å². The van der Waals surface area contributed by atoms with E-state index in [1.807, 2.05) is 25.7 Å². The molecule has 16 rings (SSSR count). The Balaban J connectivity index is 0.000000138. The molecule has 3 aliphatic carbocycles. The fraction of sp³-hybridized carbons (Fsp3) is 0.355. The number of fused-ring (bicyclic) bond motifs is 5. The van der Waals surface area contributed by atoms with Crippen molar-refractivity contribution in [2.75, 3.05) is 68.7 Å². The van der Waals surface area contributed by atoms with Crippen molar-refractivity contribution < 1.29 is 62.1 Å². The van der Waals surface area contributed by atoms with E-state index in [1.165, 1.54) is 39.5 Å². The van der Waals surface area contributed by atoms with Gasteiger partial charge < -0.3 is 49.9 Å². The Labute approximate surface area is 614 Å². The van der Waals surface area contributed by atoms with E-state index in [9.17, 15) is 66.9 Å². The van der Waals surface area contributed by atoms with E-state index in [2.05, 4.69) is 32.0 Å². The Bertz CT molecular complexity index is 5250. The van der Waals surface area contributed by atoms with E-state index in [0.29, 0.717) is 67.2 Å². The van der Waals surface area contributed by atoms with Gasteiger partial charge in [0.15, 0.2) is 34.2 Å². The van der Waals surface area contributed by atoms with E-state index >= 15 is 4.39 Å². The first-order chi connectivity index (χ1) is 51.3. The highest BCUT2D eigenvalue weighted by molar-refractivity contribution is 6.30. The number of hydrogen-bond acceptors (Lipinski definition) is 19. The summed E-state index contributed by atoms with van der Waals surface area (Å²) in [5.74, 6) is 1.17. The second kappa shape index (κ2) is 31.6. The lowest BCUT2D eigenvalue weighted by atomic mass is 9.99. The van der Waals surface area contributed by atoms with Crippen molar-refractivity contribution in [3.8, 4) is 0 Å². The first-order valence-corrected chi connectivity index (χ1v) is 35.5. The number of anilines is 2. The molecule has 6 aromatic heterocycles. The number of carbonyl (C=O) groups is 7. The zero-order valence-corrected chi connectivity index (χ0v) is 59.6. The maximum atomic E-state index is 15.4. The summed E-state index contributed by atoms with van der Waals surface area (Å²) in [5, 5.41) is 30.7. The van der Waals surface area contributed by atoms with Crippen LogP contribution in [0.4, 0.5) is 24.8 Å². The highest BCUT2D eigenvalue weighted by atomic mass is 35.5. The molecular formula is C76H78ClF3N14O13. The number of amides is 4. The molecule has 10 N–H and O–H groups in total. The molecule has 0 spiro atoms. The summed E-state index contributed by atoms with van der Waals surface area (Å²) in [7, 11) is 0. The van der Waals surface area contributed by atoms with Crippen LogP contribution in [0.15, 0.2) is 133 Å². The van der Waals surface area contributed by atoms with Crippen LogP contribution in [0.5, 0.6) is 0 Å². The molecule has 0 radical (unpaired) electrons. The number of aromatic carboxylic acids is 3. The number of hydrazine groups is 1. The number of nitrogens with one attached hydrogen (secondary N) is 1. The summed E-state index contributed by atoms with van der Waals surface area (Å²) in [5.41, 5.74) is 11.7. The molecule has 5 aliphatic heterocycles. The fourth-order valence-electron chi connectivity index (χ4n) is 14.0. The van der Waals surface area contributed by atoms with Gasteiger partial charge in [-0.1, -0.05) is 69.3 Å². The third-order valence-electron chi connectivity index (χ3n) is 20.3. The number of halogens is 4. The summed E-state index contributed by atoms with van der Waals surface area (Å²) < 4.78 is 48.7. The lowest BCUT2D eigenvalue weighted by Gasteiger charge is -2.32. The largest absolute Gasteiger partial charge is 0.477 e. The van der Waals surface area contributed by atoms with E-state index < -0.39 is 57.2 Å². The number of aromatic nitrogens is 6. The molecule has 0 atom stereocenters. The number of carboxylic acids is 3. The minimum Gasteiger partial charge on any atom is -0.477 e. The smallest absolute Gasteiger partial charge is 0.341 e. The molecule has 8 aromatic rings. The third kappa shape index (κ3) is 15.5. The summed E-state index contributed by atoms with van der Waals surface area (Å²) in [6.07, 6.45) is 14.5. The highest BCUT2D eigenvalue weighted by Gasteiger charge is 2.39. The number of carboxylic acid groups (broad SMARTS) is 3. The van der Waals surface area contributed by atoms with Gasteiger partial charge in [-0.25, -0.2) is 42.5 Å². The van der Waals surface area contributed by atoms with Crippen LogP contribution in [0.25, 0.3) is 33.1 Å². The van der Waals surface area contributed by atoms with Crippen molar-refractivity contribution in [2.24, 2.45) is 17.4 Å². The Hall–Kier alpha value is -11.1. The zero-order chi connectivity index (χ0) is 76.6. The third-order valence-corrected chi connectivity index (χ3v) is 20.6. The molecule has 3 saturated heterocycles. The number of imide groups is 2. The number of benzene rings is 2. The number of pyridine rings is 6. The molecule has 6 fully saturated rings. The molecule has 4 amide bonds. The predicted octanol–water partition coefficient (Wildman–Crippen LogP) is 9.25. The van der Waals surface area contributed by atoms with Gasteiger partial charge in [0.05, 0.1) is 51.5 Å². The fourth-order valence-corrected chi connectivity index (χ4v) is 14.2. The van der Waals surface area contributed by atoms with Crippen molar-refractivity contribution in [1.82, 2.24) is 43.8 Å². The molecule has 0 unspecified atom stereocenters. The van der Waals surface area contributed by atoms with Gasteiger partial charge >= 0.3 is 17.9 Å². The van der Waals surface area contributed by atoms with E-state index in [1.54, 1.807) is 67.1 Å². The molecule has 2 aromatic carbocycles. The van der Waals surface area contributed by atoms with Gasteiger partial charge in [-0.05, 0) is 147 Å². The molecule has 107 heavy (non-hydrogen) atoms. The maximum absolute atomic E-state index is 15.4. The number of nitrogens with zero attached hydrogens (tertiary/aromatic N) is 10. The average molecular weight is 1490 g/mol. The number of hydrogen-bond donors (Lipinski definition) is 7. The van der Waals surface area contributed by atoms with E-state index in [4.69, 9.17) is 22.4 Å². The van der Waals surface area contributed by atoms with Crippen LogP contribution < -0.4 is 48.8 Å². The second-order valence-electron chi connectivity index (χ2n) is 27.6. The molecule has 3 saturated carbocycles. The van der Waals surface area contributed by atoms with Crippen molar-refractivity contribution in [1.29, 1.82) is 0 Å². The first kappa shape index (κ1) is 75.6. The first-order valence-electron chi connectivity index (χ1n) is 35.1. The van der Waals surface area contributed by atoms with Crippen LogP contribution in [-0.2, 0) is 0 Å². The van der Waals surface area contributed by atoms with Crippen LogP contribution in [-0.4, -0.2) is 154 Å². The predicted molar refractivity (Wildman–Crippen MR) is 393 cm³/mol. The van der Waals surface area contributed by atoms with Crippen molar-refractivity contribution in [2.45, 2.75) is 116 Å². The summed E-state index contributed by atoms with van der Waals surface area (Å²) >= 11 is 5.62.